The molecule has 1 aromatic heterocycles. The topological polar surface area (TPSA) is 59.4 Å². The van der Waals surface area contributed by atoms with Crippen molar-refractivity contribution in [1.29, 1.82) is 0 Å². The van der Waals surface area contributed by atoms with E-state index in [4.69, 9.17) is 16.3 Å². The van der Waals surface area contributed by atoms with Gasteiger partial charge in [0.05, 0.1) is 23.0 Å². The third kappa shape index (κ3) is 4.81. The van der Waals surface area contributed by atoms with Crippen molar-refractivity contribution in [2.45, 2.75) is 32.6 Å². The summed E-state index contributed by atoms with van der Waals surface area (Å²) in [5, 5.41) is 7.49. The van der Waals surface area contributed by atoms with Gasteiger partial charge in [0.25, 0.3) is 0 Å². The van der Waals surface area contributed by atoms with Gasteiger partial charge in [0, 0.05) is 33.3 Å². The Kier molecular flexibility index (Phi) is 6.24. The predicted molar refractivity (Wildman–Crippen MR) is 96.1 cm³/mol. The maximum absolute atomic E-state index is 13.7. The summed E-state index contributed by atoms with van der Waals surface area (Å²) in [7, 11) is 1.49. The average molecular weight is 381 g/mol. The van der Waals surface area contributed by atoms with Gasteiger partial charge in [0.15, 0.2) is 0 Å². The van der Waals surface area contributed by atoms with Crippen LogP contribution in [0, 0.1) is 5.82 Å². The molecule has 1 aliphatic rings. The Hall–Kier alpha value is -1.96. The molecule has 2 aromatic rings. The average Bonchev–Trinajstić information content (AvgIpc) is 2.89. The number of hydrogen-bond donors (Lipinski definition) is 1. The highest BCUT2D eigenvalue weighted by molar-refractivity contribution is 6.30. The fraction of sp³-hybridized carbons (Fsp3) is 0.444. The Morgan fingerprint density at radius 3 is 3.00 bits per heavy atom. The van der Waals surface area contributed by atoms with Crippen LogP contribution in [0.1, 0.15) is 23.4 Å². The maximum atomic E-state index is 13.7. The molecule has 0 spiro atoms. The van der Waals surface area contributed by atoms with E-state index in [0.717, 1.165) is 43.0 Å². The molecule has 1 aromatic carbocycles. The second kappa shape index (κ2) is 8.62. The first kappa shape index (κ1) is 18.8. The lowest BCUT2D eigenvalue weighted by Gasteiger charge is -2.19. The van der Waals surface area contributed by atoms with E-state index in [1.165, 1.54) is 13.2 Å². The summed E-state index contributed by atoms with van der Waals surface area (Å²) in [6.07, 6.45) is 0.959. The number of carbonyl (C=O) groups is 1. The van der Waals surface area contributed by atoms with Crippen molar-refractivity contribution in [2.75, 3.05) is 20.3 Å². The van der Waals surface area contributed by atoms with Crippen LogP contribution in [0.3, 0.4) is 0 Å². The monoisotopic (exact) mass is 380 g/mol. The Labute approximate surface area is 156 Å². The van der Waals surface area contributed by atoms with Crippen molar-refractivity contribution >= 4 is 17.5 Å². The van der Waals surface area contributed by atoms with Crippen LogP contribution in [0.4, 0.5) is 4.39 Å². The number of aryl methyl sites for hydroxylation is 1. The van der Waals surface area contributed by atoms with E-state index in [2.05, 4.69) is 15.3 Å². The Morgan fingerprint density at radius 2 is 2.23 bits per heavy atom. The summed E-state index contributed by atoms with van der Waals surface area (Å²) in [5.41, 5.74) is 2.81. The minimum atomic E-state index is -0.391. The fourth-order valence-electron chi connectivity index (χ4n) is 3.08. The molecule has 0 radical (unpaired) electrons. The van der Waals surface area contributed by atoms with Crippen molar-refractivity contribution in [3.63, 3.8) is 0 Å². The second-order valence-electron chi connectivity index (χ2n) is 6.37. The number of hydrogen-bond acceptors (Lipinski definition) is 4. The van der Waals surface area contributed by atoms with Crippen molar-refractivity contribution in [1.82, 2.24) is 20.0 Å². The van der Waals surface area contributed by atoms with Crippen molar-refractivity contribution in [3.05, 3.63) is 52.1 Å². The van der Waals surface area contributed by atoms with Crippen LogP contribution in [-0.4, -0.2) is 40.8 Å². The molecule has 0 unspecified atom stereocenters. The molecule has 0 saturated heterocycles. The van der Waals surface area contributed by atoms with E-state index in [1.807, 2.05) is 16.8 Å². The van der Waals surface area contributed by atoms with Crippen LogP contribution in [-0.2, 0) is 35.7 Å². The lowest BCUT2D eigenvalue weighted by atomic mass is 10.2. The molecule has 3 rings (SSSR count). The number of rotatable bonds is 6. The van der Waals surface area contributed by atoms with E-state index in [9.17, 15) is 9.18 Å². The van der Waals surface area contributed by atoms with E-state index >= 15 is 0 Å². The molecule has 2 heterocycles. The van der Waals surface area contributed by atoms with Gasteiger partial charge in [-0.25, -0.2) is 4.39 Å². The molecule has 0 bridgehead atoms. The molecule has 1 aliphatic heterocycles. The van der Waals surface area contributed by atoms with Gasteiger partial charge in [-0.2, -0.15) is 5.10 Å². The largest absolute Gasteiger partial charge is 0.375 e. The van der Waals surface area contributed by atoms with Crippen LogP contribution >= 0.6 is 11.6 Å². The molecule has 0 aliphatic carbocycles. The Bertz CT molecular complexity index is 781. The molecule has 0 atom stereocenters. The second-order valence-corrected chi connectivity index (χ2v) is 6.78. The van der Waals surface area contributed by atoms with Crippen LogP contribution in [0.2, 0.25) is 5.02 Å². The number of halogens is 2. The minimum Gasteiger partial charge on any atom is -0.375 e. The van der Waals surface area contributed by atoms with Crippen LogP contribution in [0.25, 0.3) is 0 Å². The summed E-state index contributed by atoms with van der Waals surface area (Å²) >= 11 is 5.75. The van der Waals surface area contributed by atoms with Gasteiger partial charge in [-0.3, -0.25) is 14.4 Å². The van der Waals surface area contributed by atoms with Crippen LogP contribution < -0.4 is 5.32 Å². The molecule has 0 fully saturated rings. The SMILES string of the molecule is COCC(=O)NCc1cc2n(n1)CCCN(Cc1ccc(Cl)c(F)c1)C2. The number of carbonyl (C=O) groups excluding carboxylic acids is 1. The number of nitrogens with zero attached hydrogens (tertiary/aromatic N) is 3. The molecule has 1 N–H and O–H groups in total. The van der Waals surface area contributed by atoms with Gasteiger partial charge < -0.3 is 10.1 Å². The summed E-state index contributed by atoms with van der Waals surface area (Å²) in [5.74, 6) is -0.555. The summed E-state index contributed by atoms with van der Waals surface area (Å²) in [6.45, 7) is 3.53. The molecular weight excluding hydrogens is 359 g/mol. The van der Waals surface area contributed by atoms with E-state index in [-0.39, 0.29) is 17.5 Å². The number of benzene rings is 1. The molecule has 6 nitrogen and oxygen atoms in total. The lowest BCUT2D eigenvalue weighted by Crippen LogP contribution is -2.26. The lowest BCUT2D eigenvalue weighted by molar-refractivity contribution is -0.124. The summed E-state index contributed by atoms with van der Waals surface area (Å²) in [4.78, 5) is 13.8. The quantitative estimate of drug-likeness (QED) is 0.835. The predicted octanol–water partition coefficient (Wildman–Crippen LogP) is 2.34. The normalized spacial score (nSPS) is 14.7. The number of methoxy groups -OCH3 is 1. The smallest absolute Gasteiger partial charge is 0.246 e. The zero-order chi connectivity index (χ0) is 18.5. The zero-order valence-electron chi connectivity index (χ0n) is 14.7. The third-order valence-electron chi connectivity index (χ3n) is 4.28. The Balaban J connectivity index is 1.63. The first-order valence-electron chi connectivity index (χ1n) is 8.52. The van der Waals surface area contributed by atoms with Gasteiger partial charge in [0.2, 0.25) is 5.91 Å². The molecule has 1 amide bonds. The number of ether oxygens (including phenoxy) is 1. The highest BCUT2D eigenvalue weighted by atomic mass is 35.5. The van der Waals surface area contributed by atoms with Crippen molar-refractivity contribution < 1.29 is 13.9 Å². The van der Waals surface area contributed by atoms with Crippen LogP contribution in [0.5, 0.6) is 0 Å². The number of aromatic nitrogens is 2. The van der Waals surface area contributed by atoms with Gasteiger partial charge in [0.1, 0.15) is 12.4 Å². The fourth-order valence-corrected chi connectivity index (χ4v) is 3.19. The van der Waals surface area contributed by atoms with Crippen molar-refractivity contribution in [2.24, 2.45) is 0 Å². The van der Waals surface area contributed by atoms with Gasteiger partial charge in [-0.1, -0.05) is 17.7 Å². The molecule has 0 saturated carbocycles. The van der Waals surface area contributed by atoms with Crippen molar-refractivity contribution in [3.8, 4) is 0 Å². The molecular formula is C18H22ClFN4O2. The first-order valence-corrected chi connectivity index (χ1v) is 8.90. The highest BCUT2D eigenvalue weighted by Crippen LogP contribution is 2.19. The maximum Gasteiger partial charge on any atom is 0.246 e. The molecule has 140 valence electrons. The van der Waals surface area contributed by atoms with E-state index in [1.54, 1.807) is 6.07 Å². The standard InChI is InChI=1S/C18H22ClFN4O2/c1-26-12-18(25)21-9-14-8-15-11-23(5-2-6-24(15)22-14)10-13-3-4-16(19)17(20)7-13/h3-4,7-8H,2,5-6,9-12H2,1H3,(H,21,25). The van der Waals surface area contributed by atoms with Gasteiger partial charge in [-0.05, 0) is 30.2 Å². The highest BCUT2D eigenvalue weighted by Gasteiger charge is 2.17. The zero-order valence-corrected chi connectivity index (χ0v) is 15.4. The van der Waals surface area contributed by atoms with E-state index in [0.29, 0.717) is 13.1 Å². The molecule has 8 heteroatoms. The van der Waals surface area contributed by atoms with E-state index < -0.39 is 5.82 Å². The first-order chi connectivity index (χ1) is 12.5. The van der Waals surface area contributed by atoms with Gasteiger partial charge >= 0.3 is 0 Å². The summed E-state index contributed by atoms with van der Waals surface area (Å²) < 4.78 is 20.4. The number of nitrogens with one attached hydrogen (secondary N) is 1. The third-order valence-corrected chi connectivity index (χ3v) is 4.58. The number of amides is 1. The van der Waals surface area contributed by atoms with Gasteiger partial charge in [-0.15, -0.1) is 0 Å². The summed E-state index contributed by atoms with van der Waals surface area (Å²) in [6, 6.07) is 6.94. The Morgan fingerprint density at radius 1 is 1.38 bits per heavy atom. The van der Waals surface area contributed by atoms with Crippen LogP contribution in [0.15, 0.2) is 24.3 Å². The minimum absolute atomic E-state index is 0.0407. The number of fused-ring (bicyclic) bond motifs is 1. The molecule has 26 heavy (non-hydrogen) atoms.